The summed E-state index contributed by atoms with van der Waals surface area (Å²) in [6, 6.07) is 10.9. The molecule has 0 spiro atoms. The van der Waals surface area contributed by atoms with Gasteiger partial charge in [-0.25, -0.2) is 12.8 Å². The Morgan fingerprint density at radius 2 is 1.88 bits per heavy atom. The second kappa shape index (κ2) is 7.65. The van der Waals surface area contributed by atoms with Gasteiger partial charge in [-0.15, -0.1) is 0 Å². The molecule has 0 unspecified atom stereocenters. The van der Waals surface area contributed by atoms with E-state index in [4.69, 9.17) is 0 Å². The van der Waals surface area contributed by atoms with E-state index in [0.29, 0.717) is 5.69 Å². The Bertz CT molecular complexity index is 882. The second-order valence-electron chi connectivity index (χ2n) is 5.89. The highest BCUT2D eigenvalue weighted by molar-refractivity contribution is 7.92. The molecule has 25 heavy (non-hydrogen) atoms. The molecule has 0 atom stereocenters. The summed E-state index contributed by atoms with van der Waals surface area (Å²) in [7, 11) is -3.50. The van der Waals surface area contributed by atoms with Crippen LogP contribution in [-0.2, 0) is 10.0 Å². The van der Waals surface area contributed by atoms with E-state index in [2.05, 4.69) is 5.32 Å². The number of rotatable bonds is 6. The number of anilines is 1. The lowest BCUT2D eigenvalue weighted by molar-refractivity contribution is 0.0954. The first-order chi connectivity index (χ1) is 11.7. The molecule has 0 aliphatic carbocycles. The van der Waals surface area contributed by atoms with Crippen molar-refractivity contribution in [2.45, 2.75) is 13.8 Å². The Balaban J connectivity index is 2.12. The minimum absolute atomic E-state index is 0.0875. The number of carbonyl (C=O) groups excluding carboxylic acids is 1. The third-order valence-electron chi connectivity index (χ3n) is 3.72. The molecule has 2 aromatic rings. The molecule has 2 aromatic carbocycles. The first-order valence-electron chi connectivity index (χ1n) is 7.77. The molecule has 2 rings (SSSR count). The number of nitrogens with one attached hydrogen (secondary N) is 1. The van der Waals surface area contributed by atoms with Crippen molar-refractivity contribution in [3.63, 3.8) is 0 Å². The number of sulfonamides is 1. The summed E-state index contributed by atoms with van der Waals surface area (Å²) in [5.74, 6) is -0.949. The highest BCUT2D eigenvalue weighted by atomic mass is 32.2. The topological polar surface area (TPSA) is 66.5 Å². The summed E-state index contributed by atoms with van der Waals surface area (Å²) in [6.45, 7) is 3.91. The first-order valence-corrected chi connectivity index (χ1v) is 9.62. The number of hydrogen-bond donors (Lipinski definition) is 1. The number of nitrogens with zero attached hydrogens (tertiary/aromatic N) is 1. The fourth-order valence-corrected chi connectivity index (χ4v) is 3.43. The van der Waals surface area contributed by atoms with E-state index in [1.165, 1.54) is 22.5 Å². The van der Waals surface area contributed by atoms with Crippen LogP contribution in [0.2, 0.25) is 0 Å². The van der Waals surface area contributed by atoms with Crippen molar-refractivity contribution in [2.75, 3.05) is 23.7 Å². The molecule has 0 heterocycles. The van der Waals surface area contributed by atoms with Gasteiger partial charge in [0.15, 0.2) is 0 Å². The number of amides is 1. The summed E-state index contributed by atoms with van der Waals surface area (Å²) in [4.78, 5) is 12.0. The lowest BCUT2D eigenvalue weighted by atomic mass is 10.1. The average molecular weight is 364 g/mol. The van der Waals surface area contributed by atoms with Gasteiger partial charge in [0.2, 0.25) is 10.0 Å². The molecule has 1 amide bonds. The van der Waals surface area contributed by atoms with Crippen LogP contribution in [0.3, 0.4) is 0 Å². The van der Waals surface area contributed by atoms with Crippen LogP contribution < -0.4 is 9.62 Å². The molecule has 0 fully saturated rings. The maximum Gasteiger partial charge on any atom is 0.251 e. The second-order valence-corrected chi connectivity index (χ2v) is 7.80. The van der Waals surface area contributed by atoms with Gasteiger partial charge < -0.3 is 5.32 Å². The molecule has 0 aliphatic rings. The zero-order chi connectivity index (χ0) is 18.6. The minimum atomic E-state index is -3.50. The maximum atomic E-state index is 13.2. The van der Waals surface area contributed by atoms with Crippen LogP contribution in [0.5, 0.6) is 0 Å². The van der Waals surface area contributed by atoms with E-state index in [0.717, 1.165) is 23.4 Å². The number of carbonyl (C=O) groups is 1. The lowest BCUT2D eigenvalue weighted by Crippen LogP contribution is -2.38. The normalized spacial score (nSPS) is 11.2. The highest BCUT2D eigenvalue weighted by Crippen LogP contribution is 2.23. The zero-order valence-electron chi connectivity index (χ0n) is 14.4. The molecule has 1 N–H and O–H groups in total. The number of hydrogen-bond acceptors (Lipinski definition) is 3. The summed E-state index contributed by atoms with van der Waals surface area (Å²) >= 11 is 0. The summed E-state index contributed by atoms with van der Waals surface area (Å²) < 4.78 is 38.7. The molecular formula is C18H21FN2O3S. The Morgan fingerprint density at radius 3 is 2.52 bits per heavy atom. The van der Waals surface area contributed by atoms with E-state index in [1.807, 2.05) is 26.0 Å². The smallest absolute Gasteiger partial charge is 0.251 e. The van der Waals surface area contributed by atoms with Gasteiger partial charge in [-0.2, -0.15) is 0 Å². The zero-order valence-corrected chi connectivity index (χ0v) is 15.2. The van der Waals surface area contributed by atoms with Crippen molar-refractivity contribution >= 4 is 21.6 Å². The molecule has 5 nitrogen and oxygen atoms in total. The first kappa shape index (κ1) is 18.9. The van der Waals surface area contributed by atoms with Crippen LogP contribution in [0, 0.1) is 19.7 Å². The van der Waals surface area contributed by atoms with E-state index in [-0.39, 0.29) is 18.7 Å². The monoisotopic (exact) mass is 364 g/mol. The molecule has 7 heteroatoms. The Labute approximate surface area is 147 Å². The van der Waals surface area contributed by atoms with Crippen molar-refractivity contribution in [1.82, 2.24) is 5.32 Å². The predicted molar refractivity (Wildman–Crippen MR) is 96.8 cm³/mol. The number of aryl methyl sites for hydroxylation is 2. The third-order valence-corrected chi connectivity index (χ3v) is 4.90. The Kier molecular flexibility index (Phi) is 5.79. The van der Waals surface area contributed by atoms with E-state index < -0.39 is 21.7 Å². The van der Waals surface area contributed by atoms with Crippen LogP contribution in [0.25, 0.3) is 0 Å². The van der Waals surface area contributed by atoms with Crippen molar-refractivity contribution in [1.29, 1.82) is 0 Å². The molecular weight excluding hydrogens is 343 g/mol. The predicted octanol–water partition coefficient (Wildman–Crippen LogP) is 2.64. The molecule has 0 aromatic heterocycles. The fraction of sp³-hybridized carbons (Fsp3) is 0.278. The van der Waals surface area contributed by atoms with Gasteiger partial charge >= 0.3 is 0 Å². The molecule has 134 valence electrons. The van der Waals surface area contributed by atoms with Gasteiger partial charge in [-0.3, -0.25) is 9.10 Å². The quantitative estimate of drug-likeness (QED) is 0.857. The van der Waals surface area contributed by atoms with Crippen molar-refractivity contribution < 1.29 is 17.6 Å². The maximum absolute atomic E-state index is 13.2. The van der Waals surface area contributed by atoms with Gasteiger partial charge in [0.1, 0.15) is 5.82 Å². The van der Waals surface area contributed by atoms with Gasteiger partial charge in [-0.1, -0.05) is 18.2 Å². The Morgan fingerprint density at radius 1 is 1.16 bits per heavy atom. The number of halogens is 1. The van der Waals surface area contributed by atoms with E-state index >= 15 is 0 Å². The standard InChI is InChI=1S/C18H21FN2O3S/c1-13-7-8-14(2)17(11-13)21(25(3,23)24)10-9-20-18(22)15-5-4-6-16(19)12-15/h4-8,11-12H,9-10H2,1-3H3,(H,20,22). The minimum Gasteiger partial charge on any atom is -0.350 e. The van der Waals surface area contributed by atoms with Gasteiger partial charge in [0.05, 0.1) is 18.5 Å². The summed E-state index contributed by atoms with van der Waals surface area (Å²) in [6.07, 6.45) is 1.13. The summed E-state index contributed by atoms with van der Waals surface area (Å²) in [5, 5.41) is 2.62. The molecule has 0 aliphatic heterocycles. The van der Waals surface area contributed by atoms with Crippen LogP contribution in [0.4, 0.5) is 10.1 Å². The largest absolute Gasteiger partial charge is 0.350 e. The lowest BCUT2D eigenvalue weighted by Gasteiger charge is -2.24. The van der Waals surface area contributed by atoms with Crippen molar-refractivity contribution in [3.8, 4) is 0 Å². The fourth-order valence-electron chi connectivity index (χ4n) is 2.46. The molecule has 0 saturated heterocycles. The van der Waals surface area contributed by atoms with Crippen molar-refractivity contribution in [2.24, 2.45) is 0 Å². The SMILES string of the molecule is Cc1ccc(C)c(N(CCNC(=O)c2cccc(F)c2)S(C)(=O)=O)c1. The van der Waals surface area contributed by atoms with E-state index in [1.54, 1.807) is 6.07 Å². The Hall–Kier alpha value is -2.41. The van der Waals surface area contributed by atoms with Crippen LogP contribution in [0.15, 0.2) is 42.5 Å². The summed E-state index contributed by atoms with van der Waals surface area (Å²) in [5.41, 5.74) is 2.55. The molecule has 0 bridgehead atoms. The third kappa shape index (κ3) is 5.03. The highest BCUT2D eigenvalue weighted by Gasteiger charge is 2.19. The van der Waals surface area contributed by atoms with Gasteiger partial charge in [0, 0.05) is 12.1 Å². The number of benzene rings is 2. The van der Waals surface area contributed by atoms with E-state index in [9.17, 15) is 17.6 Å². The van der Waals surface area contributed by atoms with Gasteiger partial charge in [0.25, 0.3) is 5.91 Å². The van der Waals surface area contributed by atoms with Crippen LogP contribution in [0.1, 0.15) is 21.5 Å². The molecule has 0 radical (unpaired) electrons. The van der Waals surface area contributed by atoms with Crippen LogP contribution >= 0.6 is 0 Å². The average Bonchev–Trinajstić information content (AvgIpc) is 2.53. The van der Waals surface area contributed by atoms with Crippen molar-refractivity contribution in [3.05, 3.63) is 65.0 Å². The van der Waals surface area contributed by atoms with Gasteiger partial charge in [-0.05, 0) is 49.2 Å². The van der Waals surface area contributed by atoms with Crippen LogP contribution in [-0.4, -0.2) is 33.7 Å². The molecule has 0 saturated carbocycles.